The van der Waals surface area contributed by atoms with Crippen molar-refractivity contribution in [2.45, 2.75) is 32.1 Å². The molecule has 2 aromatic carbocycles. The maximum atomic E-state index is 12.7. The van der Waals surface area contributed by atoms with Crippen LogP contribution in [0.25, 0.3) is 0 Å². The summed E-state index contributed by atoms with van der Waals surface area (Å²) in [6.45, 7) is 4.37. The fourth-order valence-corrected chi connectivity index (χ4v) is 4.96. The van der Waals surface area contributed by atoms with Crippen LogP contribution in [0.5, 0.6) is 5.75 Å². The molecular formula is C23H30N2O5S. The molecule has 1 aliphatic rings. The number of hydrogen-bond donors (Lipinski definition) is 1. The van der Waals surface area contributed by atoms with E-state index in [9.17, 15) is 13.2 Å². The lowest BCUT2D eigenvalue weighted by Crippen LogP contribution is -2.41. The van der Waals surface area contributed by atoms with Crippen LogP contribution in [0.2, 0.25) is 0 Å². The molecule has 1 amide bonds. The highest BCUT2D eigenvalue weighted by atomic mass is 32.2. The molecule has 0 radical (unpaired) electrons. The third-order valence-electron chi connectivity index (χ3n) is 5.10. The SMILES string of the molecule is Cc1cccc(OCCCC(=O)NCc2ccccc2CS(=O)(=O)N2CCOCC2)c1. The van der Waals surface area contributed by atoms with Crippen LogP contribution in [0.4, 0.5) is 0 Å². The van der Waals surface area contributed by atoms with Crippen molar-refractivity contribution < 1.29 is 22.7 Å². The number of ether oxygens (including phenoxy) is 2. The Morgan fingerprint density at radius 3 is 2.58 bits per heavy atom. The van der Waals surface area contributed by atoms with E-state index >= 15 is 0 Å². The molecule has 1 heterocycles. The van der Waals surface area contributed by atoms with E-state index in [0.717, 1.165) is 16.9 Å². The average molecular weight is 447 g/mol. The van der Waals surface area contributed by atoms with Gasteiger partial charge in [-0.25, -0.2) is 8.42 Å². The van der Waals surface area contributed by atoms with Gasteiger partial charge in [-0.15, -0.1) is 0 Å². The molecule has 0 unspecified atom stereocenters. The van der Waals surface area contributed by atoms with E-state index in [2.05, 4.69) is 5.32 Å². The Kier molecular flexibility index (Phi) is 8.45. The summed E-state index contributed by atoms with van der Waals surface area (Å²) < 4.78 is 37.8. The zero-order chi connectivity index (χ0) is 22.1. The van der Waals surface area contributed by atoms with Crippen LogP contribution >= 0.6 is 0 Å². The van der Waals surface area contributed by atoms with E-state index in [0.29, 0.717) is 57.9 Å². The van der Waals surface area contributed by atoms with Gasteiger partial charge in [0.1, 0.15) is 5.75 Å². The van der Waals surface area contributed by atoms with Crippen molar-refractivity contribution in [1.82, 2.24) is 9.62 Å². The number of rotatable bonds is 10. The lowest BCUT2D eigenvalue weighted by Gasteiger charge is -2.26. The number of sulfonamides is 1. The molecule has 0 aromatic heterocycles. The van der Waals surface area contributed by atoms with Gasteiger partial charge in [0.15, 0.2) is 0 Å². The molecule has 2 aromatic rings. The topological polar surface area (TPSA) is 84.9 Å². The van der Waals surface area contributed by atoms with Gasteiger partial charge in [-0.05, 0) is 42.2 Å². The van der Waals surface area contributed by atoms with Crippen LogP contribution < -0.4 is 10.1 Å². The van der Waals surface area contributed by atoms with Gasteiger partial charge in [-0.2, -0.15) is 4.31 Å². The van der Waals surface area contributed by atoms with E-state index in [1.54, 1.807) is 6.07 Å². The fraction of sp³-hybridized carbons (Fsp3) is 0.435. The Bertz CT molecular complexity index is 971. The van der Waals surface area contributed by atoms with Crippen molar-refractivity contribution in [1.29, 1.82) is 0 Å². The lowest BCUT2D eigenvalue weighted by atomic mass is 10.1. The third kappa shape index (κ3) is 7.34. The summed E-state index contributed by atoms with van der Waals surface area (Å²) in [6.07, 6.45) is 0.951. The number of nitrogens with zero attached hydrogens (tertiary/aromatic N) is 1. The molecular weight excluding hydrogens is 416 g/mol. The molecule has 31 heavy (non-hydrogen) atoms. The molecule has 0 bridgehead atoms. The molecule has 7 nitrogen and oxygen atoms in total. The van der Waals surface area contributed by atoms with E-state index < -0.39 is 10.0 Å². The van der Waals surface area contributed by atoms with Crippen LogP contribution in [-0.4, -0.2) is 51.5 Å². The summed E-state index contributed by atoms with van der Waals surface area (Å²) >= 11 is 0. The Hall–Kier alpha value is -2.42. The number of nitrogens with one attached hydrogen (secondary N) is 1. The second-order valence-electron chi connectivity index (χ2n) is 7.58. The zero-order valence-electron chi connectivity index (χ0n) is 17.9. The minimum Gasteiger partial charge on any atom is -0.494 e. The van der Waals surface area contributed by atoms with Crippen LogP contribution in [0.3, 0.4) is 0 Å². The fourth-order valence-electron chi connectivity index (χ4n) is 3.39. The van der Waals surface area contributed by atoms with Crippen molar-refractivity contribution in [3.63, 3.8) is 0 Å². The Morgan fingerprint density at radius 1 is 1.10 bits per heavy atom. The number of benzene rings is 2. The molecule has 8 heteroatoms. The molecule has 168 valence electrons. The van der Waals surface area contributed by atoms with Gasteiger partial charge in [0.25, 0.3) is 0 Å². The molecule has 0 aliphatic carbocycles. The smallest absolute Gasteiger partial charge is 0.220 e. The number of carbonyl (C=O) groups excluding carboxylic acids is 1. The number of hydrogen-bond acceptors (Lipinski definition) is 5. The highest BCUT2D eigenvalue weighted by Gasteiger charge is 2.25. The van der Waals surface area contributed by atoms with Crippen molar-refractivity contribution >= 4 is 15.9 Å². The van der Waals surface area contributed by atoms with Gasteiger partial charge < -0.3 is 14.8 Å². The van der Waals surface area contributed by atoms with E-state index in [-0.39, 0.29) is 11.7 Å². The number of aryl methyl sites for hydroxylation is 1. The Morgan fingerprint density at radius 2 is 1.84 bits per heavy atom. The highest BCUT2D eigenvalue weighted by Crippen LogP contribution is 2.17. The first kappa shape index (κ1) is 23.2. The van der Waals surface area contributed by atoms with Crippen molar-refractivity contribution in [3.8, 4) is 5.75 Å². The van der Waals surface area contributed by atoms with Gasteiger partial charge >= 0.3 is 0 Å². The van der Waals surface area contributed by atoms with Crippen LogP contribution in [0.1, 0.15) is 29.5 Å². The van der Waals surface area contributed by atoms with Crippen molar-refractivity contribution in [2.75, 3.05) is 32.9 Å². The lowest BCUT2D eigenvalue weighted by molar-refractivity contribution is -0.121. The first-order chi connectivity index (χ1) is 14.9. The average Bonchev–Trinajstić information content (AvgIpc) is 2.76. The number of amides is 1. The molecule has 1 saturated heterocycles. The van der Waals surface area contributed by atoms with E-state index in [1.165, 1.54) is 4.31 Å². The Labute approximate surface area is 184 Å². The standard InChI is InChI=1S/C23H30N2O5S/c1-19-6-4-9-22(16-19)30-13-5-10-23(26)24-17-20-7-2-3-8-21(20)18-31(27,28)25-11-14-29-15-12-25/h2-4,6-9,16H,5,10-15,17-18H2,1H3,(H,24,26). The Balaban J connectivity index is 1.46. The molecule has 1 N–H and O–H groups in total. The van der Waals surface area contributed by atoms with Crippen molar-refractivity contribution in [3.05, 3.63) is 65.2 Å². The molecule has 0 atom stereocenters. The van der Waals surface area contributed by atoms with Gasteiger partial charge in [-0.1, -0.05) is 36.4 Å². The number of morpholine rings is 1. The normalized spacial score (nSPS) is 14.9. The summed E-state index contributed by atoms with van der Waals surface area (Å²) in [5.74, 6) is 0.637. The van der Waals surface area contributed by atoms with Crippen LogP contribution in [-0.2, 0) is 31.9 Å². The van der Waals surface area contributed by atoms with Gasteiger partial charge in [0, 0.05) is 26.1 Å². The highest BCUT2D eigenvalue weighted by molar-refractivity contribution is 7.88. The molecule has 1 fully saturated rings. The van der Waals surface area contributed by atoms with Gasteiger partial charge in [0.05, 0.1) is 25.6 Å². The summed E-state index contributed by atoms with van der Waals surface area (Å²) in [6, 6.07) is 15.1. The zero-order valence-corrected chi connectivity index (χ0v) is 18.7. The van der Waals surface area contributed by atoms with Gasteiger partial charge in [-0.3, -0.25) is 4.79 Å². The predicted octanol–water partition coefficient (Wildman–Crippen LogP) is 2.63. The summed E-state index contributed by atoms with van der Waals surface area (Å²) in [5.41, 5.74) is 2.64. The molecule has 3 rings (SSSR count). The molecule has 0 spiro atoms. The maximum Gasteiger partial charge on any atom is 0.220 e. The second kappa shape index (κ2) is 11.3. The quantitative estimate of drug-likeness (QED) is 0.567. The van der Waals surface area contributed by atoms with E-state index in [1.807, 2.05) is 49.4 Å². The van der Waals surface area contributed by atoms with Crippen LogP contribution in [0.15, 0.2) is 48.5 Å². The molecule has 0 saturated carbocycles. The minimum atomic E-state index is -3.42. The summed E-state index contributed by atoms with van der Waals surface area (Å²) in [5, 5.41) is 2.89. The van der Waals surface area contributed by atoms with Gasteiger partial charge in [0.2, 0.25) is 15.9 Å². The monoisotopic (exact) mass is 446 g/mol. The molecule has 1 aliphatic heterocycles. The van der Waals surface area contributed by atoms with Crippen molar-refractivity contribution in [2.24, 2.45) is 0 Å². The number of carbonyl (C=O) groups is 1. The summed E-state index contributed by atoms with van der Waals surface area (Å²) in [4.78, 5) is 12.2. The van der Waals surface area contributed by atoms with E-state index in [4.69, 9.17) is 9.47 Å². The predicted molar refractivity (Wildman–Crippen MR) is 119 cm³/mol. The largest absolute Gasteiger partial charge is 0.494 e. The summed E-state index contributed by atoms with van der Waals surface area (Å²) in [7, 11) is -3.42. The maximum absolute atomic E-state index is 12.7. The third-order valence-corrected chi connectivity index (χ3v) is 6.93. The second-order valence-corrected chi connectivity index (χ2v) is 9.55. The minimum absolute atomic E-state index is 0.0800. The first-order valence-corrected chi connectivity index (χ1v) is 12.1. The first-order valence-electron chi connectivity index (χ1n) is 10.5. The van der Waals surface area contributed by atoms with Crippen LogP contribution in [0, 0.1) is 6.92 Å².